The number of aliphatic carboxylic acids is 2. The number of phenolic OH excluding ortho intramolecular Hbond substituents is 1. The van der Waals surface area contributed by atoms with Gasteiger partial charge in [-0.25, -0.2) is 9.59 Å². The molecule has 2 aromatic rings. The van der Waals surface area contributed by atoms with Crippen molar-refractivity contribution in [1.29, 1.82) is 0 Å². The SMILES string of the molecule is C=CCN1CC[C@]23c4c5ccc(O)c4O[C@H]2[C@H](N2C(=O)c4cccc(C)c4C2=O)CC[C@@]3(O)[C@H]1C5.O=C(O)C(O)C(O)C(=O)O. The molecule has 0 aromatic heterocycles. The molecule has 7 atom stereocenters. The largest absolute Gasteiger partial charge is 0.504 e. The second-order valence-corrected chi connectivity index (χ2v) is 12.3. The first-order chi connectivity index (χ1) is 21.3. The number of aliphatic hydroxyl groups excluding tert-OH is 2. The van der Waals surface area contributed by atoms with Crippen LogP contribution in [0.4, 0.5) is 0 Å². The number of piperidine rings is 1. The number of carbonyl (C=O) groups excluding carboxylic acids is 2. The van der Waals surface area contributed by atoms with E-state index in [1.807, 2.05) is 25.1 Å². The summed E-state index contributed by atoms with van der Waals surface area (Å²) in [6.07, 6.45) is -1.14. The number of carboxylic acids is 2. The summed E-state index contributed by atoms with van der Waals surface area (Å²) in [6, 6.07) is 8.27. The lowest BCUT2D eigenvalue weighted by atomic mass is 9.48. The van der Waals surface area contributed by atoms with E-state index in [0.717, 1.165) is 23.2 Å². The number of aryl methyl sites for hydroxylation is 1. The molecule has 1 saturated heterocycles. The first-order valence-corrected chi connectivity index (χ1v) is 14.7. The van der Waals surface area contributed by atoms with E-state index in [0.29, 0.717) is 49.1 Å². The number of imide groups is 1. The van der Waals surface area contributed by atoms with Crippen LogP contribution in [-0.2, 0) is 21.4 Å². The molecule has 1 saturated carbocycles. The number of benzene rings is 2. The van der Waals surface area contributed by atoms with Crippen molar-refractivity contribution in [2.75, 3.05) is 13.1 Å². The maximum Gasteiger partial charge on any atom is 0.335 e. The van der Waals surface area contributed by atoms with Crippen LogP contribution in [0.1, 0.15) is 56.7 Å². The fourth-order valence-corrected chi connectivity index (χ4v) is 8.30. The summed E-state index contributed by atoms with van der Waals surface area (Å²) in [7, 11) is 0. The van der Waals surface area contributed by atoms with E-state index in [9.17, 15) is 29.4 Å². The number of carbonyl (C=O) groups is 4. The predicted octanol–water partition coefficient (Wildman–Crippen LogP) is 0.583. The molecule has 2 bridgehead atoms. The van der Waals surface area contributed by atoms with Gasteiger partial charge in [-0.3, -0.25) is 19.4 Å². The van der Waals surface area contributed by atoms with Gasteiger partial charge >= 0.3 is 11.9 Å². The van der Waals surface area contributed by atoms with Crippen LogP contribution in [0.3, 0.4) is 0 Å². The molecule has 2 fully saturated rings. The lowest BCUT2D eigenvalue weighted by molar-refractivity contribution is -0.194. The molecule has 5 aliphatic rings. The standard InChI is InChI=1S/C28H28N2O5.C4H6O6/c1-3-12-29-13-11-27-22-16-7-8-19(31)23(22)35-24(27)18(9-10-28(27,34)20(29)14-16)30-25(32)17-6-4-5-15(2)21(17)26(30)33;5-1(3(7)8)2(6)4(9)10/h3-8,18,20,24,31,34H,1,9-14H2,2H3;1-2,5-6H,(H,7,8)(H,9,10)/t18-,20-,24+,27+,28-;/m1./s1. The summed E-state index contributed by atoms with van der Waals surface area (Å²) < 4.78 is 6.53. The Labute approximate surface area is 257 Å². The zero-order chi connectivity index (χ0) is 32.6. The molecule has 2 amide bonds. The Hall–Kier alpha value is -4.30. The predicted molar refractivity (Wildman–Crippen MR) is 155 cm³/mol. The number of nitrogens with zero attached hydrogens (tertiary/aromatic N) is 2. The summed E-state index contributed by atoms with van der Waals surface area (Å²) in [5, 5.41) is 55.8. The number of ether oxygens (including phenoxy) is 1. The molecular formula is C32H34N2O11. The Kier molecular flexibility index (Phi) is 7.27. The Morgan fingerprint density at radius 3 is 2.40 bits per heavy atom. The van der Waals surface area contributed by atoms with Gasteiger partial charge in [-0.05, 0) is 62.4 Å². The van der Waals surface area contributed by atoms with Crippen molar-refractivity contribution in [2.45, 2.75) is 74.0 Å². The fourth-order valence-electron chi connectivity index (χ4n) is 8.30. The maximum absolute atomic E-state index is 13.6. The van der Waals surface area contributed by atoms with Gasteiger partial charge in [-0.15, -0.1) is 6.58 Å². The van der Waals surface area contributed by atoms with E-state index in [2.05, 4.69) is 11.5 Å². The Bertz CT molecular complexity index is 1620. The van der Waals surface area contributed by atoms with Gasteiger partial charge in [-0.1, -0.05) is 24.3 Å². The molecule has 3 heterocycles. The van der Waals surface area contributed by atoms with E-state index in [1.54, 1.807) is 18.2 Å². The van der Waals surface area contributed by atoms with Gasteiger partial charge < -0.3 is 35.4 Å². The third-order valence-corrected chi connectivity index (χ3v) is 10.2. The average molecular weight is 623 g/mol. The Morgan fingerprint density at radius 2 is 1.78 bits per heavy atom. The van der Waals surface area contributed by atoms with Crippen molar-refractivity contribution >= 4 is 23.8 Å². The molecule has 13 nitrogen and oxygen atoms in total. The number of rotatable bonds is 6. The zero-order valence-electron chi connectivity index (χ0n) is 24.4. The first-order valence-electron chi connectivity index (χ1n) is 14.7. The van der Waals surface area contributed by atoms with Crippen LogP contribution in [0, 0.1) is 6.92 Å². The molecule has 7 rings (SSSR count). The van der Waals surface area contributed by atoms with Crippen LogP contribution < -0.4 is 4.74 Å². The molecule has 2 aromatic carbocycles. The Morgan fingerprint density at radius 1 is 1.09 bits per heavy atom. The monoisotopic (exact) mass is 622 g/mol. The van der Waals surface area contributed by atoms with E-state index >= 15 is 0 Å². The number of phenols is 1. The molecule has 1 spiro atoms. The minimum absolute atomic E-state index is 0.0406. The highest BCUT2D eigenvalue weighted by molar-refractivity contribution is 6.22. The molecule has 238 valence electrons. The van der Waals surface area contributed by atoms with E-state index < -0.39 is 47.3 Å². The molecule has 6 N–H and O–H groups in total. The van der Waals surface area contributed by atoms with Crippen LogP contribution in [0.25, 0.3) is 0 Å². The average Bonchev–Trinajstić information content (AvgIpc) is 3.48. The fraction of sp³-hybridized carbons (Fsp3) is 0.438. The highest BCUT2D eigenvalue weighted by atomic mass is 16.5. The molecule has 45 heavy (non-hydrogen) atoms. The van der Waals surface area contributed by atoms with Crippen molar-refractivity contribution in [2.24, 2.45) is 0 Å². The minimum atomic E-state index is -2.27. The van der Waals surface area contributed by atoms with Crippen LogP contribution in [-0.4, -0.2) is 113 Å². The number of amides is 2. The van der Waals surface area contributed by atoms with Crippen molar-refractivity contribution in [3.05, 3.63) is 70.8 Å². The number of likely N-dealkylation sites (tertiary alicyclic amines) is 1. The van der Waals surface area contributed by atoms with Crippen LogP contribution in [0.5, 0.6) is 11.5 Å². The van der Waals surface area contributed by atoms with Gasteiger partial charge in [-0.2, -0.15) is 0 Å². The highest BCUT2D eigenvalue weighted by Gasteiger charge is 2.74. The van der Waals surface area contributed by atoms with Gasteiger partial charge in [0.15, 0.2) is 23.7 Å². The lowest BCUT2D eigenvalue weighted by Crippen LogP contribution is -2.78. The summed E-state index contributed by atoms with van der Waals surface area (Å²) in [5.74, 6) is -3.69. The molecular weight excluding hydrogens is 588 g/mol. The van der Waals surface area contributed by atoms with Crippen LogP contribution in [0.15, 0.2) is 43.0 Å². The summed E-state index contributed by atoms with van der Waals surface area (Å²) in [4.78, 5) is 50.4. The second-order valence-electron chi connectivity index (χ2n) is 12.3. The van der Waals surface area contributed by atoms with Gasteiger partial charge in [0.05, 0.1) is 28.2 Å². The number of fused-ring (bicyclic) bond motifs is 1. The van der Waals surface area contributed by atoms with E-state index in [-0.39, 0.29) is 23.6 Å². The molecule has 3 aliphatic heterocycles. The van der Waals surface area contributed by atoms with E-state index in [1.165, 1.54) is 4.90 Å². The van der Waals surface area contributed by atoms with E-state index in [4.69, 9.17) is 25.2 Å². The number of hydrogen-bond donors (Lipinski definition) is 6. The summed E-state index contributed by atoms with van der Waals surface area (Å²) >= 11 is 0. The minimum Gasteiger partial charge on any atom is -0.504 e. The normalized spacial score (nSPS) is 30.3. The molecule has 0 radical (unpaired) electrons. The molecule has 2 aliphatic carbocycles. The summed E-state index contributed by atoms with van der Waals surface area (Å²) in [5.41, 5.74) is 1.69. The van der Waals surface area contributed by atoms with Crippen molar-refractivity contribution < 1.29 is 54.6 Å². The number of carboxylic acid groups (broad SMARTS) is 2. The maximum atomic E-state index is 13.6. The van der Waals surface area contributed by atoms with Crippen LogP contribution >= 0.6 is 0 Å². The van der Waals surface area contributed by atoms with Crippen LogP contribution in [0.2, 0.25) is 0 Å². The number of aliphatic hydroxyl groups is 3. The topological polar surface area (TPSA) is 205 Å². The number of hydrogen-bond acceptors (Lipinski definition) is 10. The van der Waals surface area contributed by atoms with Crippen molar-refractivity contribution in [3.8, 4) is 11.5 Å². The van der Waals surface area contributed by atoms with Crippen molar-refractivity contribution in [1.82, 2.24) is 9.80 Å². The second kappa shape index (κ2) is 10.7. The van der Waals surface area contributed by atoms with Gasteiger partial charge in [0, 0.05) is 18.2 Å². The zero-order valence-corrected chi connectivity index (χ0v) is 24.4. The number of aromatic hydroxyl groups is 1. The molecule has 2 unspecified atom stereocenters. The van der Waals surface area contributed by atoms with Gasteiger partial charge in [0.2, 0.25) is 0 Å². The molecule has 13 heteroatoms. The van der Waals surface area contributed by atoms with Gasteiger partial charge in [0.25, 0.3) is 11.8 Å². The quantitative estimate of drug-likeness (QED) is 0.193. The smallest absolute Gasteiger partial charge is 0.335 e. The summed E-state index contributed by atoms with van der Waals surface area (Å²) in [6.45, 7) is 7.17. The Balaban J connectivity index is 0.000000311. The van der Waals surface area contributed by atoms with Crippen molar-refractivity contribution in [3.63, 3.8) is 0 Å². The third-order valence-electron chi connectivity index (χ3n) is 10.2. The third kappa shape index (κ3) is 4.14. The van der Waals surface area contributed by atoms with Gasteiger partial charge in [0.1, 0.15) is 6.10 Å². The first kappa shape index (κ1) is 30.7. The lowest BCUT2D eigenvalue weighted by Gasteiger charge is -2.64. The highest BCUT2D eigenvalue weighted by Crippen LogP contribution is 2.66.